The maximum Gasteiger partial charge on any atom is 0.179 e. The van der Waals surface area contributed by atoms with E-state index in [2.05, 4.69) is 18.7 Å². The second kappa shape index (κ2) is 6.88. The number of likely N-dealkylation sites (N-methyl/N-ethyl adjacent to an activating group) is 1. The third-order valence-electron chi connectivity index (χ3n) is 3.85. The molecule has 0 spiro atoms. The van der Waals surface area contributed by atoms with Crippen molar-refractivity contribution < 1.29 is 9.47 Å². The summed E-state index contributed by atoms with van der Waals surface area (Å²) < 4.78 is 11.4. The number of ether oxygens (including phenoxy) is 2. The summed E-state index contributed by atoms with van der Waals surface area (Å²) in [5.41, 5.74) is 0. The molecule has 0 N–H and O–H groups in total. The third-order valence-corrected chi connectivity index (χ3v) is 4.35. The Hall–Kier alpha value is -0.640. The molecule has 0 radical (unpaired) electrons. The highest BCUT2D eigenvalue weighted by Crippen LogP contribution is 2.39. The summed E-state index contributed by atoms with van der Waals surface area (Å²) in [7, 11) is 1.58. The smallest absolute Gasteiger partial charge is 0.179 e. The van der Waals surface area contributed by atoms with Crippen molar-refractivity contribution in [3.8, 4) is 11.5 Å². The van der Waals surface area contributed by atoms with Crippen LogP contribution in [0.15, 0.2) is 12.1 Å². The molecule has 20 heavy (non-hydrogen) atoms. The van der Waals surface area contributed by atoms with Crippen molar-refractivity contribution in [1.29, 1.82) is 0 Å². The fraction of sp³-hybridized carbons (Fsp3) is 0.600. The molecular weight excluding hydrogens is 297 g/mol. The van der Waals surface area contributed by atoms with Crippen LogP contribution in [0.25, 0.3) is 0 Å². The Labute approximate surface area is 130 Å². The summed E-state index contributed by atoms with van der Waals surface area (Å²) in [6.07, 6.45) is 2.45. The van der Waals surface area contributed by atoms with E-state index in [-0.39, 0.29) is 6.10 Å². The largest absolute Gasteiger partial charge is 0.491 e. The fourth-order valence-electron chi connectivity index (χ4n) is 2.88. The molecule has 2 atom stereocenters. The highest BCUT2D eigenvalue weighted by Gasteiger charge is 2.30. The molecular formula is C15H21Cl2NO2. The summed E-state index contributed by atoms with van der Waals surface area (Å²) in [6, 6.07) is 3.85. The summed E-state index contributed by atoms with van der Waals surface area (Å²) >= 11 is 12.2. The van der Waals surface area contributed by atoms with Crippen LogP contribution in [0.5, 0.6) is 11.5 Å². The van der Waals surface area contributed by atoms with Crippen LogP contribution in [-0.4, -0.2) is 37.2 Å². The topological polar surface area (TPSA) is 21.7 Å². The molecule has 0 amide bonds. The Morgan fingerprint density at radius 1 is 1.40 bits per heavy atom. The molecule has 0 bridgehead atoms. The van der Waals surface area contributed by atoms with Gasteiger partial charge in [-0.05, 0) is 38.9 Å². The maximum absolute atomic E-state index is 6.13. The van der Waals surface area contributed by atoms with Crippen LogP contribution in [-0.2, 0) is 0 Å². The van der Waals surface area contributed by atoms with Crippen molar-refractivity contribution in [2.45, 2.75) is 38.8 Å². The van der Waals surface area contributed by atoms with E-state index in [4.69, 9.17) is 32.7 Å². The fourth-order valence-corrected chi connectivity index (χ4v) is 3.43. The molecule has 0 aromatic heterocycles. The summed E-state index contributed by atoms with van der Waals surface area (Å²) in [6.45, 7) is 6.46. The van der Waals surface area contributed by atoms with Crippen LogP contribution in [0.2, 0.25) is 10.0 Å². The third kappa shape index (κ3) is 3.33. The van der Waals surface area contributed by atoms with Gasteiger partial charge in [-0.2, -0.15) is 0 Å². The number of nitrogens with zero attached hydrogens (tertiary/aromatic N) is 1. The lowest BCUT2D eigenvalue weighted by molar-refractivity contribution is 0.106. The molecule has 0 saturated carbocycles. The van der Waals surface area contributed by atoms with Crippen molar-refractivity contribution >= 4 is 23.2 Å². The monoisotopic (exact) mass is 317 g/mol. The number of benzene rings is 1. The molecule has 5 heteroatoms. The summed E-state index contributed by atoms with van der Waals surface area (Å²) in [4.78, 5) is 2.45. The maximum atomic E-state index is 6.13. The second-order valence-corrected chi connectivity index (χ2v) is 5.92. The molecule has 2 rings (SSSR count). The first kappa shape index (κ1) is 15.7. The van der Waals surface area contributed by atoms with Gasteiger partial charge in [0.1, 0.15) is 6.10 Å². The van der Waals surface area contributed by atoms with Gasteiger partial charge in [-0.15, -0.1) is 0 Å². The Morgan fingerprint density at radius 2 is 2.15 bits per heavy atom. The molecule has 3 nitrogen and oxygen atoms in total. The van der Waals surface area contributed by atoms with Crippen LogP contribution >= 0.6 is 23.2 Å². The molecule has 1 fully saturated rings. The van der Waals surface area contributed by atoms with Crippen LogP contribution < -0.4 is 9.47 Å². The zero-order chi connectivity index (χ0) is 14.7. The molecule has 1 aliphatic heterocycles. The summed E-state index contributed by atoms with van der Waals surface area (Å²) in [5.74, 6) is 1.16. The molecule has 112 valence electrons. The highest BCUT2D eigenvalue weighted by molar-refractivity contribution is 6.35. The number of rotatable bonds is 5. The lowest BCUT2D eigenvalue weighted by Gasteiger charge is -2.29. The van der Waals surface area contributed by atoms with E-state index in [1.54, 1.807) is 19.2 Å². The minimum atomic E-state index is 0.0703. The van der Waals surface area contributed by atoms with Gasteiger partial charge in [0.25, 0.3) is 0 Å². The number of halogens is 2. The molecule has 1 aliphatic rings. The molecule has 2 unspecified atom stereocenters. The highest BCUT2D eigenvalue weighted by atomic mass is 35.5. The zero-order valence-corrected chi connectivity index (χ0v) is 13.7. The van der Waals surface area contributed by atoms with Crippen molar-refractivity contribution in [3.63, 3.8) is 0 Å². The van der Waals surface area contributed by atoms with E-state index in [0.29, 0.717) is 27.6 Å². The average molecular weight is 318 g/mol. The van der Waals surface area contributed by atoms with E-state index >= 15 is 0 Å². The van der Waals surface area contributed by atoms with Crippen molar-refractivity contribution in [3.05, 3.63) is 22.2 Å². The SMILES string of the molecule is CCN1CCCC1C(C)Oc1cc(Cl)cc(Cl)c1OC. The molecule has 1 heterocycles. The normalized spacial score (nSPS) is 20.9. The molecule has 0 aliphatic carbocycles. The lowest BCUT2D eigenvalue weighted by atomic mass is 10.1. The van der Waals surface area contributed by atoms with Crippen LogP contribution in [0.3, 0.4) is 0 Å². The van der Waals surface area contributed by atoms with Crippen LogP contribution in [0.4, 0.5) is 0 Å². The van der Waals surface area contributed by atoms with Gasteiger partial charge in [0.2, 0.25) is 0 Å². The quantitative estimate of drug-likeness (QED) is 0.810. The van der Waals surface area contributed by atoms with Crippen LogP contribution in [0, 0.1) is 0 Å². The molecule has 1 aromatic carbocycles. The van der Waals surface area contributed by atoms with Gasteiger partial charge in [0.05, 0.1) is 12.1 Å². The summed E-state index contributed by atoms with van der Waals surface area (Å²) in [5, 5.41) is 1.03. The molecule has 1 aromatic rings. The predicted octanol–water partition coefficient (Wildman–Crippen LogP) is 4.25. The van der Waals surface area contributed by atoms with Gasteiger partial charge in [0, 0.05) is 17.1 Å². The van der Waals surface area contributed by atoms with E-state index in [9.17, 15) is 0 Å². The van der Waals surface area contributed by atoms with E-state index in [0.717, 1.165) is 19.5 Å². The van der Waals surface area contributed by atoms with Crippen molar-refractivity contribution in [2.24, 2.45) is 0 Å². The minimum Gasteiger partial charge on any atom is -0.491 e. The number of likely N-dealkylation sites (tertiary alicyclic amines) is 1. The number of hydrogen-bond acceptors (Lipinski definition) is 3. The average Bonchev–Trinajstić information content (AvgIpc) is 2.86. The van der Waals surface area contributed by atoms with Crippen molar-refractivity contribution in [1.82, 2.24) is 4.90 Å². The van der Waals surface area contributed by atoms with Gasteiger partial charge in [-0.25, -0.2) is 0 Å². The van der Waals surface area contributed by atoms with Gasteiger partial charge in [0.15, 0.2) is 11.5 Å². The van der Waals surface area contributed by atoms with E-state index in [1.807, 2.05) is 0 Å². The van der Waals surface area contributed by atoms with Gasteiger partial charge < -0.3 is 9.47 Å². The Morgan fingerprint density at radius 3 is 2.80 bits per heavy atom. The predicted molar refractivity (Wildman–Crippen MR) is 83.4 cm³/mol. The van der Waals surface area contributed by atoms with Crippen molar-refractivity contribution in [2.75, 3.05) is 20.2 Å². The lowest BCUT2D eigenvalue weighted by Crippen LogP contribution is -2.40. The minimum absolute atomic E-state index is 0.0703. The first-order chi connectivity index (χ1) is 9.56. The Balaban J connectivity index is 2.17. The number of methoxy groups -OCH3 is 1. The van der Waals surface area contributed by atoms with Gasteiger partial charge in [-0.3, -0.25) is 4.90 Å². The first-order valence-electron chi connectivity index (χ1n) is 7.00. The first-order valence-corrected chi connectivity index (χ1v) is 7.76. The second-order valence-electron chi connectivity index (χ2n) is 5.08. The number of hydrogen-bond donors (Lipinski definition) is 0. The standard InChI is InChI=1S/C15H21Cl2NO2/c1-4-18-7-5-6-13(18)10(2)20-14-9-11(16)8-12(17)15(14)19-3/h8-10,13H,4-7H2,1-3H3. The molecule has 1 saturated heterocycles. The van der Waals surface area contributed by atoms with Gasteiger partial charge in [-0.1, -0.05) is 30.1 Å². The Bertz CT molecular complexity index is 467. The Kier molecular flexibility index (Phi) is 5.42. The van der Waals surface area contributed by atoms with E-state index < -0.39 is 0 Å². The van der Waals surface area contributed by atoms with Gasteiger partial charge >= 0.3 is 0 Å². The van der Waals surface area contributed by atoms with E-state index in [1.165, 1.54) is 6.42 Å². The zero-order valence-electron chi connectivity index (χ0n) is 12.2. The van der Waals surface area contributed by atoms with Crippen LogP contribution in [0.1, 0.15) is 26.7 Å².